The molecular weight excluding hydrogens is 277 g/mol. The summed E-state index contributed by atoms with van der Waals surface area (Å²) in [7, 11) is -3.52. The average Bonchev–Trinajstić information content (AvgIpc) is 2.30. The van der Waals surface area contributed by atoms with E-state index in [2.05, 4.69) is 0 Å². The van der Waals surface area contributed by atoms with Crippen molar-refractivity contribution in [3.8, 4) is 0 Å². The van der Waals surface area contributed by atoms with Crippen molar-refractivity contribution in [3.05, 3.63) is 58.9 Å². The summed E-state index contributed by atoms with van der Waals surface area (Å²) in [5, 5.41) is 0. The summed E-state index contributed by atoms with van der Waals surface area (Å²) in [5.41, 5.74) is 7.65. The molecule has 5 heteroatoms. The van der Waals surface area contributed by atoms with Gasteiger partial charge < -0.3 is 5.73 Å². The number of benzene rings is 2. The zero-order valence-electron chi connectivity index (χ0n) is 11.4. The van der Waals surface area contributed by atoms with Gasteiger partial charge in [0, 0.05) is 5.69 Å². The summed E-state index contributed by atoms with van der Waals surface area (Å²) in [6.07, 6.45) is 0. The van der Waals surface area contributed by atoms with E-state index in [1.807, 2.05) is 13.0 Å². The fourth-order valence-corrected chi connectivity index (χ4v) is 3.78. The van der Waals surface area contributed by atoms with Crippen molar-refractivity contribution in [2.45, 2.75) is 24.5 Å². The van der Waals surface area contributed by atoms with Gasteiger partial charge in [0.1, 0.15) is 5.82 Å². The molecule has 0 aromatic heterocycles. The van der Waals surface area contributed by atoms with Crippen molar-refractivity contribution in [2.24, 2.45) is 0 Å². The highest BCUT2D eigenvalue weighted by Crippen LogP contribution is 2.22. The molecule has 20 heavy (non-hydrogen) atoms. The van der Waals surface area contributed by atoms with Crippen LogP contribution in [0.3, 0.4) is 0 Å². The van der Waals surface area contributed by atoms with E-state index in [-0.39, 0.29) is 16.3 Å². The van der Waals surface area contributed by atoms with E-state index in [9.17, 15) is 12.8 Å². The maximum absolute atomic E-state index is 13.3. The molecule has 0 saturated heterocycles. The number of hydrogen-bond donors (Lipinski definition) is 1. The molecule has 0 aliphatic carbocycles. The molecule has 0 bridgehead atoms. The molecule has 0 unspecified atom stereocenters. The van der Waals surface area contributed by atoms with Crippen LogP contribution >= 0.6 is 0 Å². The van der Waals surface area contributed by atoms with Crippen LogP contribution in [0, 0.1) is 19.7 Å². The van der Waals surface area contributed by atoms with Gasteiger partial charge in [-0.05, 0) is 54.8 Å². The minimum absolute atomic E-state index is 0.219. The first-order chi connectivity index (χ1) is 9.28. The molecule has 2 rings (SSSR count). The van der Waals surface area contributed by atoms with Gasteiger partial charge in [-0.2, -0.15) is 0 Å². The Kier molecular flexibility index (Phi) is 3.81. The monoisotopic (exact) mass is 293 g/mol. The van der Waals surface area contributed by atoms with Gasteiger partial charge in [-0.1, -0.05) is 12.1 Å². The lowest BCUT2D eigenvalue weighted by Gasteiger charge is -2.09. The third kappa shape index (κ3) is 3.17. The zero-order chi connectivity index (χ0) is 14.9. The highest BCUT2D eigenvalue weighted by Gasteiger charge is 2.18. The Morgan fingerprint density at radius 2 is 1.80 bits per heavy atom. The summed E-state index contributed by atoms with van der Waals surface area (Å²) in [6, 6.07) is 9.09. The second kappa shape index (κ2) is 5.25. The summed E-state index contributed by atoms with van der Waals surface area (Å²) < 4.78 is 38.1. The Labute approximate surface area is 118 Å². The predicted molar refractivity (Wildman–Crippen MR) is 77.6 cm³/mol. The van der Waals surface area contributed by atoms with Crippen LogP contribution in [0.1, 0.15) is 16.7 Å². The van der Waals surface area contributed by atoms with Crippen molar-refractivity contribution in [1.82, 2.24) is 0 Å². The molecule has 2 N–H and O–H groups in total. The molecular formula is C15H16FNO2S. The minimum Gasteiger partial charge on any atom is -0.399 e. The molecule has 0 aliphatic rings. The van der Waals surface area contributed by atoms with Gasteiger partial charge in [-0.25, -0.2) is 12.8 Å². The van der Waals surface area contributed by atoms with Crippen LogP contribution in [0.5, 0.6) is 0 Å². The van der Waals surface area contributed by atoms with Crippen molar-refractivity contribution in [3.63, 3.8) is 0 Å². The first kappa shape index (κ1) is 14.5. The lowest BCUT2D eigenvalue weighted by molar-refractivity contribution is 0.594. The highest BCUT2D eigenvalue weighted by molar-refractivity contribution is 7.90. The van der Waals surface area contributed by atoms with Crippen LogP contribution in [0.2, 0.25) is 0 Å². The molecule has 0 radical (unpaired) electrons. The molecule has 2 aromatic rings. The summed E-state index contributed by atoms with van der Waals surface area (Å²) >= 11 is 0. The maximum atomic E-state index is 13.3. The number of aryl methyl sites for hydroxylation is 2. The number of hydrogen-bond acceptors (Lipinski definition) is 3. The van der Waals surface area contributed by atoms with Gasteiger partial charge >= 0.3 is 0 Å². The van der Waals surface area contributed by atoms with Crippen molar-refractivity contribution < 1.29 is 12.8 Å². The second-order valence-electron chi connectivity index (χ2n) is 4.92. The molecule has 0 fully saturated rings. The number of halogens is 1. The molecule has 0 spiro atoms. The number of nitrogen functional groups attached to an aromatic ring is 1. The fourth-order valence-electron chi connectivity index (χ4n) is 2.10. The lowest BCUT2D eigenvalue weighted by Crippen LogP contribution is -2.08. The maximum Gasteiger partial charge on any atom is 0.182 e. The first-order valence-electron chi connectivity index (χ1n) is 6.13. The van der Waals surface area contributed by atoms with E-state index in [0.717, 1.165) is 11.6 Å². The van der Waals surface area contributed by atoms with Crippen LogP contribution in [-0.2, 0) is 15.6 Å². The van der Waals surface area contributed by atoms with Crippen molar-refractivity contribution in [1.29, 1.82) is 0 Å². The Morgan fingerprint density at radius 1 is 1.10 bits per heavy atom. The van der Waals surface area contributed by atoms with Gasteiger partial charge in [0.25, 0.3) is 0 Å². The zero-order valence-corrected chi connectivity index (χ0v) is 12.2. The molecule has 0 saturated carbocycles. The lowest BCUT2D eigenvalue weighted by atomic mass is 10.2. The van der Waals surface area contributed by atoms with E-state index in [1.54, 1.807) is 19.1 Å². The molecule has 3 nitrogen and oxygen atoms in total. The second-order valence-corrected chi connectivity index (χ2v) is 6.88. The number of sulfone groups is 1. The Morgan fingerprint density at radius 3 is 2.45 bits per heavy atom. The van der Waals surface area contributed by atoms with Gasteiger partial charge in [-0.3, -0.25) is 0 Å². The molecule has 106 valence electrons. The van der Waals surface area contributed by atoms with Crippen LogP contribution in [0.15, 0.2) is 41.3 Å². The Hall–Kier alpha value is -1.88. The van der Waals surface area contributed by atoms with Crippen molar-refractivity contribution in [2.75, 3.05) is 5.73 Å². The van der Waals surface area contributed by atoms with Crippen LogP contribution in [0.4, 0.5) is 10.1 Å². The summed E-state index contributed by atoms with van der Waals surface area (Å²) in [5.74, 6) is -0.796. The van der Waals surface area contributed by atoms with Gasteiger partial charge in [0.05, 0.1) is 10.6 Å². The number of anilines is 1. The van der Waals surface area contributed by atoms with Gasteiger partial charge in [-0.15, -0.1) is 0 Å². The smallest absolute Gasteiger partial charge is 0.182 e. The average molecular weight is 293 g/mol. The number of nitrogens with two attached hydrogens (primary N) is 1. The van der Waals surface area contributed by atoms with Crippen LogP contribution in [-0.4, -0.2) is 8.42 Å². The summed E-state index contributed by atoms with van der Waals surface area (Å²) in [4.78, 5) is 0.278. The summed E-state index contributed by atoms with van der Waals surface area (Å²) in [6.45, 7) is 3.57. The topological polar surface area (TPSA) is 60.2 Å². The third-order valence-electron chi connectivity index (χ3n) is 3.02. The third-order valence-corrected chi connectivity index (χ3v) is 4.84. The van der Waals surface area contributed by atoms with E-state index >= 15 is 0 Å². The largest absolute Gasteiger partial charge is 0.399 e. The van der Waals surface area contributed by atoms with E-state index < -0.39 is 15.7 Å². The minimum atomic E-state index is -3.52. The van der Waals surface area contributed by atoms with Crippen LogP contribution < -0.4 is 5.73 Å². The standard InChI is InChI=1S/C15H16FNO2S/c1-10-3-4-11(2)15(5-10)20(18,19)9-12-6-13(16)8-14(17)7-12/h3-8H,9,17H2,1-2H3. The Bertz CT molecular complexity index is 734. The molecule has 0 aliphatic heterocycles. The molecule has 2 aromatic carbocycles. The number of rotatable bonds is 3. The molecule has 0 heterocycles. The van der Waals surface area contributed by atoms with Crippen molar-refractivity contribution >= 4 is 15.5 Å². The quantitative estimate of drug-likeness (QED) is 0.885. The molecule has 0 atom stereocenters. The first-order valence-corrected chi connectivity index (χ1v) is 7.78. The van der Waals surface area contributed by atoms with Crippen LogP contribution in [0.25, 0.3) is 0 Å². The highest BCUT2D eigenvalue weighted by atomic mass is 32.2. The Balaban J connectivity index is 2.43. The predicted octanol–water partition coefficient (Wildman–Crippen LogP) is 3.00. The van der Waals surface area contributed by atoms with E-state index in [0.29, 0.717) is 11.1 Å². The SMILES string of the molecule is Cc1ccc(C)c(S(=O)(=O)Cc2cc(N)cc(F)c2)c1. The normalized spacial score (nSPS) is 11.6. The van der Waals surface area contributed by atoms with E-state index in [1.165, 1.54) is 12.1 Å². The fraction of sp³-hybridized carbons (Fsp3) is 0.200. The molecule has 0 amide bonds. The van der Waals surface area contributed by atoms with Gasteiger partial charge in [0.15, 0.2) is 9.84 Å². The van der Waals surface area contributed by atoms with Gasteiger partial charge in [0.2, 0.25) is 0 Å². The van der Waals surface area contributed by atoms with E-state index in [4.69, 9.17) is 5.73 Å².